The van der Waals surface area contributed by atoms with Crippen molar-refractivity contribution in [3.63, 3.8) is 0 Å². The lowest BCUT2D eigenvalue weighted by molar-refractivity contribution is -0.131. The predicted molar refractivity (Wildman–Crippen MR) is 110 cm³/mol. The summed E-state index contributed by atoms with van der Waals surface area (Å²) in [6.07, 6.45) is 1.52. The van der Waals surface area contributed by atoms with Crippen molar-refractivity contribution in [3.05, 3.63) is 73.9 Å². The van der Waals surface area contributed by atoms with Crippen molar-refractivity contribution in [2.75, 3.05) is 0 Å². The van der Waals surface area contributed by atoms with Crippen molar-refractivity contribution < 1.29 is 19.1 Å². The number of nitrogens with zero attached hydrogens (tertiary/aromatic N) is 2. The first-order chi connectivity index (χ1) is 13.4. The van der Waals surface area contributed by atoms with Crippen molar-refractivity contribution in [3.8, 4) is 5.75 Å². The molecule has 6 nitrogen and oxygen atoms in total. The van der Waals surface area contributed by atoms with Crippen molar-refractivity contribution in [1.29, 1.82) is 0 Å². The van der Waals surface area contributed by atoms with Gasteiger partial charge in [0.2, 0.25) is 5.89 Å². The number of aryl methyl sites for hydroxylation is 1. The van der Waals surface area contributed by atoms with E-state index in [2.05, 4.69) is 26.1 Å². The molecule has 9 heteroatoms. The van der Waals surface area contributed by atoms with Crippen LogP contribution in [0.3, 0.4) is 0 Å². The molecule has 1 aromatic heterocycles. The standard InChI is InChI=1S/C19H14BrClN2O4S/c1-11-22-23-19(27-11)28-17(18(24)25)9-12-6-7-16(14(20)8-12)26-10-13-4-2-3-5-15(13)21/h2-9H,10H2,1H3,(H,24,25)/b17-9-. The molecule has 2 aromatic carbocycles. The maximum Gasteiger partial charge on any atom is 0.342 e. The Kier molecular flexibility index (Phi) is 6.77. The molecule has 0 aliphatic heterocycles. The molecule has 0 bridgehead atoms. The van der Waals surface area contributed by atoms with Gasteiger partial charge in [-0.25, -0.2) is 4.79 Å². The summed E-state index contributed by atoms with van der Waals surface area (Å²) in [7, 11) is 0. The smallest absolute Gasteiger partial charge is 0.342 e. The quantitative estimate of drug-likeness (QED) is 0.348. The van der Waals surface area contributed by atoms with Crippen molar-refractivity contribution in [2.24, 2.45) is 0 Å². The Morgan fingerprint density at radius 2 is 2.11 bits per heavy atom. The molecule has 0 aliphatic rings. The van der Waals surface area contributed by atoms with E-state index < -0.39 is 5.97 Å². The third kappa shape index (κ3) is 5.37. The summed E-state index contributed by atoms with van der Waals surface area (Å²) in [5.74, 6) is -0.0971. The Labute approximate surface area is 178 Å². The monoisotopic (exact) mass is 480 g/mol. The molecule has 0 amide bonds. The number of carboxylic acids is 1. The van der Waals surface area contributed by atoms with E-state index in [0.717, 1.165) is 17.3 Å². The highest BCUT2D eigenvalue weighted by Crippen LogP contribution is 2.31. The van der Waals surface area contributed by atoms with Gasteiger partial charge >= 0.3 is 5.97 Å². The van der Waals surface area contributed by atoms with Gasteiger partial charge in [0.25, 0.3) is 5.22 Å². The summed E-state index contributed by atoms with van der Waals surface area (Å²) in [5.41, 5.74) is 1.55. The Morgan fingerprint density at radius 3 is 2.75 bits per heavy atom. The number of hydrogen-bond donors (Lipinski definition) is 1. The molecule has 0 fully saturated rings. The van der Waals surface area contributed by atoms with Crippen LogP contribution in [-0.4, -0.2) is 21.3 Å². The van der Waals surface area contributed by atoms with Crippen LogP contribution in [0.1, 0.15) is 17.0 Å². The molecule has 3 rings (SSSR count). The van der Waals surface area contributed by atoms with Gasteiger partial charge in [-0.1, -0.05) is 35.9 Å². The molecule has 0 unspecified atom stereocenters. The van der Waals surface area contributed by atoms with Crippen LogP contribution in [0.25, 0.3) is 6.08 Å². The zero-order chi connectivity index (χ0) is 20.1. The van der Waals surface area contributed by atoms with Gasteiger partial charge in [0.05, 0.1) is 4.47 Å². The van der Waals surface area contributed by atoms with Crippen LogP contribution in [-0.2, 0) is 11.4 Å². The summed E-state index contributed by atoms with van der Waals surface area (Å²) >= 11 is 10.5. The lowest BCUT2D eigenvalue weighted by atomic mass is 10.2. The summed E-state index contributed by atoms with van der Waals surface area (Å²) in [5, 5.41) is 17.7. The minimum absolute atomic E-state index is 0.0558. The molecule has 28 heavy (non-hydrogen) atoms. The molecule has 0 atom stereocenters. The summed E-state index contributed by atoms with van der Waals surface area (Å²) in [6, 6.07) is 12.7. The first kappa shape index (κ1) is 20.4. The van der Waals surface area contributed by atoms with Crippen LogP contribution < -0.4 is 4.74 Å². The fourth-order valence-corrected chi connectivity index (χ4v) is 3.61. The summed E-state index contributed by atoms with van der Waals surface area (Å²) in [4.78, 5) is 11.6. The van der Waals surface area contributed by atoms with Gasteiger partial charge in [0.1, 0.15) is 17.3 Å². The highest BCUT2D eigenvalue weighted by atomic mass is 79.9. The average molecular weight is 482 g/mol. The number of benzene rings is 2. The molecular formula is C19H14BrClN2O4S. The van der Waals surface area contributed by atoms with Gasteiger partial charge in [-0.15, -0.1) is 10.2 Å². The normalized spacial score (nSPS) is 11.5. The maximum atomic E-state index is 11.5. The molecule has 0 radical (unpaired) electrons. The second-order valence-corrected chi connectivity index (χ2v) is 7.83. The Morgan fingerprint density at radius 1 is 1.32 bits per heavy atom. The number of carboxylic acid groups (broad SMARTS) is 1. The van der Waals surface area contributed by atoms with Crippen molar-refractivity contribution in [2.45, 2.75) is 18.8 Å². The highest BCUT2D eigenvalue weighted by molar-refractivity contribution is 9.10. The molecule has 0 saturated heterocycles. The van der Waals surface area contributed by atoms with Crippen LogP contribution in [0.5, 0.6) is 5.75 Å². The molecule has 0 saturated carbocycles. The van der Waals surface area contributed by atoms with Crippen molar-refractivity contribution in [1.82, 2.24) is 10.2 Å². The zero-order valence-electron chi connectivity index (χ0n) is 14.6. The molecule has 0 spiro atoms. The first-order valence-corrected chi connectivity index (χ1v) is 10.00. The molecule has 1 N–H and O–H groups in total. The fraction of sp³-hybridized carbons (Fsp3) is 0.105. The summed E-state index contributed by atoms with van der Waals surface area (Å²) in [6.45, 7) is 1.96. The zero-order valence-corrected chi connectivity index (χ0v) is 17.7. The number of ether oxygens (including phenoxy) is 1. The van der Waals surface area contributed by atoms with Crippen molar-refractivity contribution >= 4 is 51.3 Å². The van der Waals surface area contributed by atoms with E-state index in [4.69, 9.17) is 20.8 Å². The average Bonchev–Trinajstić information content (AvgIpc) is 3.06. The van der Waals surface area contributed by atoms with E-state index >= 15 is 0 Å². The minimum atomic E-state index is -1.09. The summed E-state index contributed by atoms with van der Waals surface area (Å²) < 4.78 is 11.7. The SMILES string of the molecule is Cc1nnc(S/C(=C\c2ccc(OCc3ccccc3Cl)c(Br)c2)C(=O)O)o1. The molecule has 144 valence electrons. The predicted octanol–water partition coefficient (Wildman–Crippen LogP) is 5.59. The van der Waals surface area contributed by atoms with E-state index in [1.165, 1.54) is 6.08 Å². The molecular weight excluding hydrogens is 468 g/mol. The second-order valence-electron chi connectivity index (χ2n) is 5.57. The van der Waals surface area contributed by atoms with E-state index in [1.54, 1.807) is 31.2 Å². The van der Waals surface area contributed by atoms with E-state index in [0.29, 0.717) is 33.3 Å². The van der Waals surface area contributed by atoms with Gasteiger partial charge in [-0.05, 0) is 57.5 Å². The van der Waals surface area contributed by atoms with Crippen LogP contribution in [0.4, 0.5) is 0 Å². The second kappa shape index (κ2) is 9.27. The third-order valence-electron chi connectivity index (χ3n) is 3.51. The van der Waals surface area contributed by atoms with E-state index in [9.17, 15) is 9.90 Å². The molecule has 0 aliphatic carbocycles. The Balaban J connectivity index is 1.75. The largest absolute Gasteiger partial charge is 0.488 e. The number of rotatable bonds is 7. The van der Waals surface area contributed by atoms with E-state index in [-0.39, 0.29) is 10.1 Å². The van der Waals surface area contributed by atoms with Gasteiger partial charge in [0, 0.05) is 17.5 Å². The number of halogens is 2. The number of carbonyl (C=O) groups is 1. The van der Waals surface area contributed by atoms with Crippen LogP contribution >= 0.6 is 39.3 Å². The number of hydrogen-bond acceptors (Lipinski definition) is 6. The minimum Gasteiger partial charge on any atom is -0.488 e. The van der Waals surface area contributed by atoms with Gasteiger partial charge < -0.3 is 14.3 Å². The fourth-order valence-electron chi connectivity index (χ4n) is 2.19. The van der Waals surface area contributed by atoms with Gasteiger partial charge in [0.15, 0.2) is 0 Å². The maximum absolute atomic E-state index is 11.5. The highest BCUT2D eigenvalue weighted by Gasteiger charge is 2.15. The topological polar surface area (TPSA) is 85.5 Å². The molecule has 1 heterocycles. The molecule has 3 aromatic rings. The van der Waals surface area contributed by atoms with Gasteiger partial charge in [-0.2, -0.15) is 0 Å². The van der Waals surface area contributed by atoms with Crippen LogP contribution in [0, 0.1) is 6.92 Å². The number of thioether (sulfide) groups is 1. The lowest BCUT2D eigenvalue weighted by Gasteiger charge is -2.10. The Bertz CT molecular complexity index is 1040. The number of aliphatic carboxylic acids is 1. The van der Waals surface area contributed by atoms with Gasteiger partial charge in [-0.3, -0.25) is 0 Å². The first-order valence-electron chi connectivity index (χ1n) is 8.01. The van der Waals surface area contributed by atoms with E-state index in [1.807, 2.05) is 18.2 Å². The Hall–Kier alpha value is -2.29. The lowest BCUT2D eigenvalue weighted by Crippen LogP contribution is -1.98. The third-order valence-corrected chi connectivity index (χ3v) is 5.35. The van der Waals surface area contributed by atoms with Crippen LogP contribution in [0.15, 0.2) is 61.5 Å². The van der Waals surface area contributed by atoms with Crippen LogP contribution in [0.2, 0.25) is 5.02 Å². The number of aromatic nitrogens is 2.